The van der Waals surface area contributed by atoms with Crippen LogP contribution < -0.4 is 10.0 Å². The standard InChI is InChI=1S/C18H21ClN2O3S/c1-11-5-7-15(12(2)9-11)13(3)20-18(22)16-8-6-14(10-17(16)19)21-25(4,23)24/h5-10,13,21H,1-4H3,(H,20,22). The Morgan fingerprint density at radius 3 is 2.36 bits per heavy atom. The summed E-state index contributed by atoms with van der Waals surface area (Å²) in [5.41, 5.74) is 3.90. The van der Waals surface area contributed by atoms with Crippen LogP contribution in [0, 0.1) is 13.8 Å². The van der Waals surface area contributed by atoms with Crippen LogP contribution in [0.1, 0.15) is 40.0 Å². The van der Waals surface area contributed by atoms with Crippen molar-refractivity contribution in [2.45, 2.75) is 26.8 Å². The van der Waals surface area contributed by atoms with Gasteiger partial charge in [0.2, 0.25) is 10.0 Å². The summed E-state index contributed by atoms with van der Waals surface area (Å²) >= 11 is 6.14. The van der Waals surface area contributed by atoms with Crippen LogP contribution in [0.25, 0.3) is 0 Å². The van der Waals surface area contributed by atoms with Gasteiger partial charge >= 0.3 is 0 Å². The number of carbonyl (C=O) groups excluding carboxylic acids is 1. The van der Waals surface area contributed by atoms with Crippen molar-refractivity contribution in [2.75, 3.05) is 11.0 Å². The molecule has 0 aliphatic carbocycles. The Bertz CT molecular complexity index is 911. The molecule has 0 aliphatic heterocycles. The second kappa shape index (κ2) is 7.45. The van der Waals surface area contributed by atoms with Gasteiger partial charge in [0, 0.05) is 5.69 Å². The average Bonchev–Trinajstić information content (AvgIpc) is 2.45. The molecule has 0 bridgehead atoms. The molecule has 2 N–H and O–H groups in total. The molecule has 2 aromatic rings. The predicted molar refractivity (Wildman–Crippen MR) is 102 cm³/mol. The number of benzene rings is 2. The minimum absolute atomic E-state index is 0.180. The van der Waals surface area contributed by atoms with Gasteiger partial charge in [-0.3, -0.25) is 9.52 Å². The van der Waals surface area contributed by atoms with Crippen molar-refractivity contribution in [3.05, 3.63) is 63.7 Å². The van der Waals surface area contributed by atoms with Gasteiger partial charge in [-0.05, 0) is 50.1 Å². The van der Waals surface area contributed by atoms with E-state index >= 15 is 0 Å². The van der Waals surface area contributed by atoms with Crippen molar-refractivity contribution in [3.63, 3.8) is 0 Å². The molecule has 7 heteroatoms. The minimum Gasteiger partial charge on any atom is -0.345 e. The molecule has 0 saturated heterocycles. The first-order valence-electron chi connectivity index (χ1n) is 7.72. The molecule has 0 spiro atoms. The summed E-state index contributed by atoms with van der Waals surface area (Å²) in [5, 5.41) is 3.10. The first-order valence-corrected chi connectivity index (χ1v) is 9.99. The van der Waals surface area contributed by atoms with Crippen LogP contribution >= 0.6 is 11.6 Å². The Labute approximate surface area is 153 Å². The Balaban J connectivity index is 2.17. The molecule has 25 heavy (non-hydrogen) atoms. The van der Waals surface area contributed by atoms with Gasteiger partial charge in [0.15, 0.2) is 0 Å². The van der Waals surface area contributed by atoms with Crippen molar-refractivity contribution < 1.29 is 13.2 Å². The van der Waals surface area contributed by atoms with Crippen molar-refractivity contribution in [3.8, 4) is 0 Å². The maximum absolute atomic E-state index is 12.5. The smallest absolute Gasteiger partial charge is 0.253 e. The van der Waals surface area contributed by atoms with Gasteiger partial charge < -0.3 is 5.32 Å². The summed E-state index contributed by atoms with van der Waals surface area (Å²) in [5.74, 6) is -0.316. The lowest BCUT2D eigenvalue weighted by Crippen LogP contribution is -2.27. The second-order valence-electron chi connectivity index (χ2n) is 6.12. The number of sulfonamides is 1. The molecular weight excluding hydrogens is 360 g/mol. The van der Waals surface area contributed by atoms with Crippen LogP contribution in [0.3, 0.4) is 0 Å². The highest BCUT2D eigenvalue weighted by Gasteiger charge is 2.16. The fraction of sp³-hybridized carbons (Fsp3) is 0.278. The third kappa shape index (κ3) is 5.21. The number of rotatable bonds is 5. The number of hydrogen-bond acceptors (Lipinski definition) is 3. The topological polar surface area (TPSA) is 75.3 Å². The van der Waals surface area contributed by atoms with Crippen molar-refractivity contribution in [2.24, 2.45) is 0 Å². The summed E-state index contributed by atoms with van der Waals surface area (Å²) in [7, 11) is -3.40. The lowest BCUT2D eigenvalue weighted by atomic mass is 10.00. The van der Waals surface area contributed by atoms with Gasteiger partial charge in [0.1, 0.15) is 0 Å². The fourth-order valence-electron chi connectivity index (χ4n) is 2.64. The van der Waals surface area contributed by atoms with E-state index in [1.54, 1.807) is 0 Å². The van der Waals surface area contributed by atoms with Crippen LogP contribution in [-0.2, 0) is 10.0 Å². The molecule has 1 unspecified atom stereocenters. The Morgan fingerprint density at radius 1 is 1.12 bits per heavy atom. The van der Waals surface area contributed by atoms with Crippen molar-refractivity contribution in [1.82, 2.24) is 5.32 Å². The summed E-state index contributed by atoms with van der Waals surface area (Å²) in [6.45, 7) is 5.93. The first-order chi connectivity index (χ1) is 11.6. The molecule has 134 valence electrons. The van der Waals surface area contributed by atoms with E-state index < -0.39 is 10.0 Å². The molecule has 1 amide bonds. The average molecular weight is 381 g/mol. The Hall–Kier alpha value is -2.05. The molecule has 1 atom stereocenters. The zero-order chi connectivity index (χ0) is 18.8. The Morgan fingerprint density at radius 2 is 1.80 bits per heavy atom. The molecule has 0 saturated carbocycles. The summed E-state index contributed by atoms with van der Waals surface area (Å²) in [4.78, 5) is 12.5. The molecule has 5 nitrogen and oxygen atoms in total. The highest BCUT2D eigenvalue weighted by molar-refractivity contribution is 7.92. The molecule has 0 aromatic heterocycles. The van der Waals surface area contributed by atoms with E-state index in [-0.39, 0.29) is 22.5 Å². The van der Waals surface area contributed by atoms with Gasteiger partial charge in [-0.2, -0.15) is 0 Å². The van der Waals surface area contributed by atoms with Crippen LogP contribution in [0.4, 0.5) is 5.69 Å². The van der Waals surface area contributed by atoms with E-state index in [1.807, 2.05) is 32.9 Å². The van der Waals surface area contributed by atoms with E-state index in [4.69, 9.17) is 11.6 Å². The summed E-state index contributed by atoms with van der Waals surface area (Å²) < 4.78 is 24.8. The van der Waals surface area contributed by atoms with E-state index in [9.17, 15) is 13.2 Å². The SMILES string of the molecule is Cc1ccc(C(C)NC(=O)c2ccc(NS(C)(=O)=O)cc2Cl)c(C)c1. The van der Waals surface area contributed by atoms with Crippen LogP contribution in [0.2, 0.25) is 5.02 Å². The predicted octanol–water partition coefficient (Wildman–Crippen LogP) is 3.82. The molecule has 0 heterocycles. The zero-order valence-electron chi connectivity index (χ0n) is 14.6. The number of anilines is 1. The quantitative estimate of drug-likeness (QED) is 0.827. The van der Waals surface area contributed by atoms with Crippen LogP contribution in [-0.4, -0.2) is 20.6 Å². The monoisotopic (exact) mass is 380 g/mol. The largest absolute Gasteiger partial charge is 0.345 e. The van der Waals surface area contributed by atoms with Gasteiger partial charge in [0.25, 0.3) is 5.91 Å². The maximum atomic E-state index is 12.5. The molecule has 0 fully saturated rings. The number of amides is 1. The van der Waals surface area contributed by atoms with E-state index in [0.717, 1.165) is 22.9 Å². The van der Waals surface area contributed by atoms with E-state index in [2.05, 4.69) is 16.1 Å². The van der Waals surface area contributed by atoms with Gasteiger partial charge in [-0.25, -0.2) is 8.42 Å². The van der Waals surface area contributed by atoms with Crippen molar-refractivity contribution >= 4 is 33.2 Å². The normalized spacial score (nSPS) is 12.5. The van der Waals surface area contributed by atoms with E-state index in [0.29, 0.717) is 5.69 Å². The fourth-order valence-corrected chi connectivity index (χ4v) is 3.46. The summed E-state index contributed by atoms with van der Waals surface area (Å²) in [6.07, 6.45) is 1.05. The highest BCUT2D eigenvalue weighted by Crippen LogP contribution is 2.24. The molecule has 0 radical (unpaired) electrons. The second-order valence-corrected chi connectivity index (χ2v) is 8.28. The lowest BCUT2D eigenvalue weighted by Gasteiger charge is -2.18. The maximum Gasteiger partial charge on any atom is 0.253 e. The van der Waals surface area contributed by atoms with Gasteiger partial charge in [0.05, 0.1) is 22.9 Å². The number of nitrogens with one attached hydrogen (secondary N) is 2. The highest BCUT2D eigenvalue weighted by atomic mass is 35.5. The molecule has 2 aromatic carbocycles. The number of hydrogen-bond donors (Lipinski definition) is 2. The zero-order valence-corrected chi connectivity index (χ0v) is 16.1. The van der Waals surface area contributed by atoms with Crippen LogP contribution in [0.15, 0.2) is 36.4 Å². The molecule has 0 aliphatic rings. The molecule has 2 rings (SSSR count). The lowest BCUT2D eigenvalue weighted by molar-refractivity contribution is 0.0940. The number of halogens is 1. The summed E-state index contributed by atoms with van der Waals surface area (Å²) in [6, 6.07) is 10.3. The van der Waals surface area contributed by atoms with Crippen molar-refractivity contribution in [1.29, 1.82) is 0 Å². The van der Waals surface area contributed by atoms with E-state index in [1.165, 1.54) is 18.2 Å². The number of aryl methyl sites for hydroxylation is 2. The molecular formula is C18H21ClN2O3S. The minimum atomic E-state index is -3.40. The Kier molecular flexibility index (Phi) is 5.75. The third-order valence-corrected chi connectivity index (χ3v) is 4.68. The number of carbonyl (C=O) groups is 1. The van der Waals surface area contributed by atoms with Gasteiger partial charge in [-0.1, -0.05) is 35.4 Å². The first kappa shape index (κ1) is 19.3. The van der Waals surface area contributed by atoms with Gasteiger partial charge in [-0.15, -0.1) is 0 Å². The third-order valence-electron chi connectivity index (χ3n) is 3.76. The van der Waals surface area contributed by atoms with Crippen LogP contribution in [0.5, 0.6) is 0 Å².